The molecular weight excluding hydrogens is 310 g/mol. The maximum atomic E-state index is 12.2. The Hall–Kier alpha value is -2.24. The average Bonchev–Trinajstić information content (AvgIpc) is 2.93. The highest BCUT2D eigenvalue weighted by atomic mass is 16.6. The van der Waals surface area contributed by atoms with E-state index in [1.165, 1.54) is 6.07 Å². The monoisotopic (exact) mass is 335 g/mol. The van der Waals surface area contributed by atoms with Gasteiger partial charge in [0.05, 0.1) is 11.6 Å². The number of benzene rings is 1. The van der Waals surface area contributed by atoms with Gasteiger partial charge in [-0.3, -0.25) is 0 Å². The van der Waals surface area contributed by atoms with Gasteiger partial charge in [-0.15, -0.1) is 0 Å². The van der Waals surface area contributed by atoms with Crippen molar-refractivity contribution >= 4 is 12.1 Å². The summed E-state index contributed by atoms with van der Waals surface area (Å²) >= 11 is 0. The van der Waals surface area contributed by atoms with Gasteiger partial charge in [0.2, 0.25) is 0 Å². The van der Waals surface area contributed by atoms with E-state index in [1.807, 2.05) is 20.8 Å². The van der Waals surface area contributed by atoms with E-state index in [2.05, 4.69) is 0 Å². The number of carboxylic acids is 1. The fraction of sp³-hybridized carbons (Fsp3) is 0.556. The van der Waals surface area contributed by atoms with Gasteiger partial charge in [-0.2, -0.15) is 0 Å². The van der Waals surface area contributed by atoms with E-state index < -0.39 is 11.6 Å². The van der Waals surface area contributed by atoms with E-state index in [0.717, 1.165) is 12.8 Å². The Morgan fingerprint density at radius 2 is 2.04 bits per heavy atom. The van der Waals surface area contributed by atoms with Crippen LogP contribution in [0.3, 0.4) is 0 Å². The van der Waals surface area contributed by atoms with Crippen molar-refractivity contribution in [2.45, 2.75) is 52.2 Å². The SMILES string of the molecule is Cc1ccc(OCC2CCCN2C(=O)OC(C)(C)C)cc1C(=O)O. The van der Waals surface area contributed by atoms with Gasteiger partial charge in [-0.05, 0) is 58.2 Å². The van der Waals surface area contributed by atoms with Crippen molar-refractivity contribution in [2.75, 3.05) is 13.2 Å². The molecule has 6 heteroatoms. The number of nitrogens with zero attached hydrogens (tertiary/aromatic N) is 1. The Kier molecular flexibility index (Phi) is 5.36. The van der Waals surface area contributed by atoms with Crippen molar-refractivity contribution in [3.63, 3.8) is 0 Å². The van der Waals surface area contributed by atoms with Crippen LogP contribution in [0.1, 0.15) is 49.5 Å². The van der Waals surface area contributed by atoms with Crippen LogP contribution < -0.4 is 4.74 Å². The van der Waals surface area contributed by atoms with Crippen LogP contribution in [-0.2, 0) is 4.74 Å². The Balaban J connectivity index is 1.99. The van der Waals surface area contributed by atoms with Crippen LogP contribution in [0.25, 0.3) is 0 Å². The lowest BCUT2D eigenvalue weighted by atomic mass is 10.1. The molecule has 1 unspecified atom stereocenters. The highest BCUT2D eigenvalue weighted by Crippen LogP contribution is 2.23. The predicted molar refractivity (Wildman–Crippen MR) is 89.6 cm³/mol. The van der Waals surface area contributed by atoms with Crippen molar-refractivity contribution < 1.29 is 24.2 Å². The average molecular weight is 335 g/mol. The van der Waals surface area contributed by atoms with Crippen molar-refractivity contribution in [2.24, 2.45) is 0 Å². The fourth-order valence-corrected chi connectivity index (χ4v) is 2.68. The number of ether oxygens (including phenoxy) is 2. The van der Waals surface area contributed by atoms with Gasteiger partial charge in [-0.25, -0.2) is 9.59 Å². The molecule has 1 aromatic rings. The van der Waals surface area contributed by atoms with Crippen LogP contribution in [0, 0.1) is 6.92 Å². The Morgan fingerprint density at radius 1 is 1.33 bits per heavy atom. The molecule has 1 atom stereocenters. The zero-order valence-corrected chi connectivity index (χ0v) is 14.7. The largest absolute Gasteiger partial charge is 0.491 e. The normalized spacial score (nSPS) is 17.7. The molecule has 0 saturated carbocycles. The van der Waals surface area contributed by atoms with Gasteiger partial charge in [0.1, 0.15) is 18.0 Å². The molecule has 0 bridgehead atoms. The molecule has 1 N–H and O–H groups in total. The molecule has 1 heterocycles. The smallest absolute Gasteiger partial charge is 0.410 e. The molecule has 0 aromatic heterocycles. The summed E-state index contributed by atoms with van der Waals surface area (Å²) in [5, 5.41) is 9.17. The van der Waals surface area contributed by atoms with Crippen LogP contribution >= 0.6 is 0 Å². The molecule has 2 rings (SSSR count). The maximum Gasteiger partial charge on any atom is 0.410 e. The second-order valence-corrected chi connectivity index (χ2v) is 7.06. The quantitative estimate of drug-likeness (QED) is 0.912. The summed E-state index contributed by atoms with van der Waals surface area (Å²) in [7, 11) is 0. The predicted octanol–water partition coefficient (Wildman–Crippen LogP) is 3.47. The zero-order chi connectivity index (χ0) is 17.9. The van der Waals surface area contributed by atoms with Crippen LogP contribution in [0.2, 0.25) is 0 Å². The number of rotatable bonds is 4. The Morgan fingerprint density at radius 3 is 2.67 bits per heavy atom. The van der Waals surface area contributed by atoms with E-state index >= 15 is 0 Å². The summed E-state index contributed by atoms with van der Waals surface area (Å²) in [5.41, 5.74) is 0.382. The second-order valence-electron chi connectivity index (χ2n) is 7.06. The fourth-order valence-electron chi connectivity index (χ4n) is 2.68. The summed E-state index contributed by atoms with van der Waals surface area (Å²) in [5.74, 6) is -0.483. The molecule has 0 radical (unpaired) electrons. The number of hydrogen-bond donors (Lipinski definition) is 1. The number of carbonyl (C=O) groups is 2. The van der Waals surface area contributed by atoms with Crippen LogP contribution in [-0.4, -0.2) is 46.9 Å². The van der Waals surface area contributed by atoms with Crippen molar-refractivity contribution in [1.82, 2.24) is 4.90 Å². The van der Waals surface area contributed by atoms with E-state index in [-0.39, 0.29) is 17.7 Å². The van der Waals surface area contributed by atoms with E-state index in [1.54, 1.807) is 24.0 Å². The summed E-state index contributed by atoms with van der Waals surface area (Å²) < 4.78 is 11.2. The minimum atomic E-state index is -0.978. The van der Waals surface area contributed by atoms with Crippen molar-refractivity contribution in [3.05, 3.63) is 29.3 Å². The van der Waals surface area contributed by atoms with Crippen LogP contribution in [0.4, 0.5) is 4.79 Å². The number of carboxylic acid groups (broad SMARTS) is 1. The van der Waals surface area contributed by atoms with Gasteiger partial charge in [0.15, 0.2) is 0 Å². The lowest BCUT2D eigenvalue weighted by Gasteiger charge is -2.28. The Bertz CT molecular complexity index is 620. The second kappa shape index (κ2) is 7.11. The molecule has 1 amide bonds. The first-order valence-electron chi connectivity index (χ1n) is 8.14. The summed E-state index contributed by atoms with van der Waals surface area (Å²) in [4.78, 5) is 25.1. The number of amides is 1. The highest BCUT2D eigenvalue weighted by Gasteiger charge is 2.32. The van der Waals surface area contributed by atoms with Gasteiger partial charge < -0.3 is 19.5 Å². The molecule has 1 aromatic carbocycles. The minimum absolute atomic E-state index is 0.0607. The maximum absolute atomic E-state index is 12.2. The van der Waals surface area contributed by atoms with Crippen molar-refractivity contribution in [1.29, 1.82) is 0 Å². The van der Waals surface area contributed by atoms with Gasteiger partial charge in [-0.1, -0.05) is 6.07 Å². The first-order chi connectivity index (χ1) is 11.2. The molecule has 0 aliphatic carbocycles. The molecular formula is C18H25NO5. The third kappa shape index (κ3) is 4.63. The summed E-state index contributed by atoms with van der Waals surface area (Å²) in [6.45, 7) is 8.23. The molecule has 6 nitrogen and oxygen atoms in total. The lowest BCUT2D eigenvalue weighted by molar-refractivity contribution is 0.0187. The molecule has 1 aliphatic rings. The molecule has 132 valence electrons. The van der Waals surface area contributed by atoms with Gasteiger partial charge in [0.25, 0.3) is 0 Å². The summed E-state index contributed by atoms with van der Waals surface area (Å²) in [6.07, 6.45) is 1.42. The Labute approximate surface area is 142 Å². The number of likely N-dealkylation sites (tertiary alicyclic amines) is 1. The lowest BCUT2D eigenvalue weighted by Crippen LogP contribution is -2.42. The molecule has 1 aliphatic heterocycles. The zero-order valence-electron chi connectivity index (χ0n) is 14.7. The standard InChI is InChI=1S/C18H25NO5/c1-12-7-8-14(10-15(12)16(20)21)23-11-13-6-5-9-19(13)17(22)24-18(2,3)4/h7-8,10,13H,5-6,9,11H2,1-4H3,(H,20,21). The first kappa shape index (κ1) is 18.1. The topological polar surface area (TPSA) is 76.1 Å². The minimum Gasteiger partial charge on any atom is -0.491 e. The van der Waals surface area contributed by atoms with E-state index in [9.17, 15) is 9.59 Å². The summed E-state index contributed by atoms with van der Waals surface area (Å²) in [6, 6.07) is 4.92. The third-order valence-electron chi connectivity index (χ3n) is 3.89. The number of hydrogen-bond acceptors (Lipinski definition) is 4. The van der Waals surface area contributed by atoms with Crippen LogP contribution in [0.5, 0.6) is 5.75 Å². The van der Waals surface area contributed by atoms with Crippen LogP contribution in [0.15, 0.2) is 18.2 Å². The number of carbonyl (C=O) groups excluding carboxylic acids is 1. The molecule has 0 spiro atoms. The van der Waals surface area contributed by atoms with Gasteiger partial charge in [0, 0.05) is 6.54 Å². The highest BCUT2D eigenvalue weighted by molar-refractivity contribution is 5.89. The van der Waals surface area contributed by atoms with E-state index in [0.29, 0.717) is 24.5 Å². The first-order valence-corrected chi connectivity index (χ1v) is 8.14. The molecule has 1 fully saturated rings. The molecule has 1 saturated heterocycles. The number of aryl methyl sites for hydroxylation is 1. The third-order valence-corrected chi connectivity index (χ3v) is 3.89. The molecule has 24 heavy (non-hydrogen) atoms. The van der Waals surface area contributed by atoms with E-state index in [4.69, 9.17) is 14.6 Å². The van der Waals surface area contributed by atoms with Gasteiger partial charge >= 0.3 is 12.1 Å². The number of aromatic carboxylic acids is 1. The van der Waals surface area contributed by atoms with Crippen molar-refractivity contribution in [3.8, 4) is 5.75 Å².